The number of ketones is 1. The Hall–Kier alpha value is -1.37. The van der Waals surface area contributed by atoms with Crippen molar-refractivity contribution in [3.05, 3.63) is 41.5 Å². The molecule has 1 aromatic carbocycles. The molecule has 0 aliphatic heterocycles. The molecule has 15 heavy (non-hydrogen) atoms. The summed E-state index contributed by atoms with van der Waals surface area (Å²) in [5, 5.41) is 0. The van der Waals surface area contributed by atoms with Crippen LogP contribution in [0.4, 0.5) is 0 Å². The van der Waals surface area contributed by atoms with Crippen molar-refractivity contribution in [3.63, 3.8) is 0 Å². The smallest absolute Gasteiger partial charge is 0.162 e. The number of rotatable bonds is 3. The van der Waals surface area contributed by atoms with E-state index in [0.717, 1.165) is 5.56 Å². The lowest BCUT2D eigenvalue weighted by Gasteiger charge is -2.03. The Kier molecular flexibility index (Phi) is 3.00. The van der Waals surface area contributed by atoms with Crippen molar-refractivity contribution in [2.24, 2.45) is 0 Å². The highest BCUT2D eigenvalue weighted by Crippen LogP contribution is 2.27. The van der Waals surface area contributed by atoms with Gasteiger partial charge < -0.3 is 0 Å². The monoisotopic (exact) mass is 200 g/mol. The lowest BCUT2D eigenvalue weighted by Crippen LogP contribution is -1.96. The Bertz CT molecular complexity index is 384. The Morgan fingerprint density at radius 1 is 1.27 bits per heavy atom. The van der Waals surface area contributed by atoms with Gasteiger partial charge in [-0.3, -0.25) is 4.79 Å². The quantitative estimate of drug-likeness (QED) is 0.677. The number of benzene rings is 1. The van der Waals surface area contributed by atoms with E-state index in [-0.39, 0.29) is 5.78 Å². The molecule has 0 radical (unpaired) electrons. The molecule has 78 valence electrons. The molecule has 0 amide bonds. The van der Waals surface area contributed by atoms with Crippen LogP contribution in [0.5, 0.6) is 0 Å². The average molecular weight is 200 g/mol. The fourth-order valence-electron chi connectivity index (χ4n) is 2.01. The third-order valence-electron chi connectivity index (χ3n) is 2.94. The van der Waals surface area contributed by atoms with Gasteiger partial charge in [-0.15, -0.1) is 0 Å². The zero-order valence-corrected chi connectivity index (χ0v) is 9.12. The van der Waals surface area contributed by atoms with Gasteiger partial charge in [0, 0.05) is 12.0 Å². The summed E-state index contributed by atoms with van der Waals surface area (Å²) in [6.45, 7) is 1.90. The first-order valence-corrected chi connectivity index (χ1v) is 5.64. The van der Waals surface area contributed by atoms with Crippen LogP contribution in [0.15, 0.2) is 30.3 Å². The summed E-state index contributed by atoms with van der Waals surface area (Å²) < 4.78 is 0. The molecule has 0 unspecified atom stereocenters. The van der Waals surface area contributed by atoms with E-state index in [2.05, 4.69) is 18.2 Å². The van der Waals surface area contributed by atoms with Gasteiger partial charge in [-0.1, -0.05) is 37.3 Å². The van der Waals surface area contributed by atoms with Crippen LogP contribution in [0, 0.1) is 0 Å². The molecule has 1 aliphatic carbocycles. The molecule has 1 heteroatoms. The fraction of sp³-hybridized carbons (Fsp3) is 0.357. The van der Waals surface area contributed by atoms with Crippen molar-refractivity contribution < 1.29 is 4.79 Å². The number of hydrogen-bond donors (Lipinski definition) is 0. The molecule has 0 fully saturated rings. The van der Waals surface area contributed by atoms with Crippen LogP contribution in [-0.4, -0.2) is 5.78 Å². The van der Waals surface area contributed by atoms with Gasteiger partial charge in [0.1, 0.15) is 0 Å². The van der Waals surface area contributed by atoms with E-state index in [1.54, 1.807) is 0 Å². The van der Waals surface area contributed by atoms with Gasteiger partial charge in [0.25, 0.3) is 0 Å². The van der Waals surface area contributed by atoms with Crippen molar-refractivity contribution in [2.75, 3.05) is 0 Å². The van der Waals surface area contributed by atoms with Crippen LogP contribution in [-0.2, 0) is 0 Å². The summed E-state index contributed by atoms with van der Waals surface area (Å²) in [5.41, 5.74) is 3.55. The maximum Gasteiger partial charge on any atom is 0.162 e. The topological polar surface area (TPSA) is 17.1 Å². The van der Waals surface area contributed by atoms with Crippen molar-refractivity contribution >= 4 is 11.4 Å². The largest absolute Gasteiger partial charge is 0.294 e. The van der Waals surface area contributed by atoms with Crippen molar-refractivity contribution in [2.45, 2.75) is 32.6 Å². The zero-order chi connectivity index (χ0) is 10.7. The standard InChI is InChI=1S/C14H16O/c1-2-14(15)13-9-7-12(8-10-13)11-5-3-4-6-11/h5,7-10H,2-4,6H2,1H3. The molecule has 1 nitrogen and oxygen atoms in total. The number of carbonyl (C=O) groups is 1. The molecule has 0 atom stereocenters. The van der Waals surface area contributed by atoms with Gasteiger partial charge in [-0.25, -0.2) is 0 Å². The van der Waals surface area contributed by atoms with Crippen molar-refractivity contribution in [1.29, 1.82) is 0 Å². The van der Waals surface area contributed by atoms with Crippen LogP contribution >= 0.6 is 0 Å². The Morgan fingerprint density at radius 3 is 2.53 bits per heavy atom. The number of Topliss-reactive ketones (excluding diaryl/α,β-unsaturated/α-hetero) is 1. The predicted molar refractivity (Wildman–Crippen MR) is 62.9 cm³/mol. The molecular formula is C14H16O. The van der Waals surface area contributed by atoms with E-state index in [1.807, 2.05) is 19.1 Å². The van der Waals surface area contributed by atoms with Gasteiger partial charge in [0.15, 0.2) is 5.78 Å². The van der Waals surface area contributed by atoms with Crippen LogP contribution in [0.2, 0.25) is 0 Å². The molecule has 0 aromatic heterocycles. The molecule has 0 N–H and O–H groups in total. The van der Waals surface area contributed by atoms with Gasteiger partial charge in [-0.05, 0) is 30.4 Å². The van der Waals surface area contributed by atoms with Gasteiger partial charge in [0.05, 0.1) is 0 Å². The normalized spacial score (nSPS) is 15.1. The summed E-state index contributed by atoms with van der Waals surface area (Å²) in [7, 11) is 0. The van der Waals surface area contributed by atoms with Crippen molar-refractivity contribution in [1.82, 2.24) is 0 Å². The summed E-state index contributed by atoms with van der Waals surface area (Å²) in [5.74, 6) is 0.224. The summed E-state index contributed by atoms with van der Waals surface area (Å²) in [6, 6.07) is 8.03. The average Bonchev–Trinajstić information content (AvgIpc) is 2.82. The first-order valence-electron chi connectivity index (χ1n) is 5.64. The second kappa shape index (κ2) is 4.43. The summed E-state index contributed by atoms with van der Waals surface area (Å²) >= 11 is 0. The fourth-order valence-corrected chi connectivity index (χ4v) is 2.01. The van der Waals surface area contributed by atoms with Gasteiger partial charge in [0.2, 0.25) is 0 Å². The number of hydrogen-bond acceptors (Lipinski definition) is 1. The van der Waals surface area contributed by atoms with Crippen molar-refractivity contribution in [3.8, 4) is 0 Å². The highest BCUT2D eigenvalue weighted by Gasteiger charge is 2.08. The third kappa shape index (κ3) is 2.17. The number of carbonyl (C=O) groups excluding carboxylic acids is 1. The first-order chi connectivity index (χ1) is 7.31. The predicted octanol–water partition coefficient (Wildman–Crippen LogP) is 3.85. The number of allylic oxidation sites excluding steroid dienone is 2. The Balaban J connectivity index is 2.20. The molecule has 0 saturated heterocycles. The van der Waals surface area contributed by atoms with E-state index >= 15 is 0 Å². The minimum absolute atomic E-state index is 0.224. The molecule has 2 rings (SSSR count). The molecule has 1 aromatic rings. The van der Waals surface area contributed by atoms with Crippen LogP contribution in [0.1, 0.15) is 48.5 Å². The van der Waals surface area contributed by atoms with E-state index in [0.29, 0.717) is 6.42 Å². The molecule has 0 bridgehead atoms. The zero-order valence-electron chi connectivity index (χ0n) is 9.12. The highest BCUT2D eigenvalue weighted by atomic mass is 16.1. The van der Waals surface area contributed by atoms with Crippen LogP contribution in [0.3, 0.4) is 0 Å². The summed E-state index contributed by atoms with van der Waals surface area (Å²) in [4.78, 5) is 11.4. The molecule has 0 saturated carbocycles. The van der Waals surface area contributed by atoms with Gasteiger partial charge >= 0.3 is 0 Å². The molecule has 1 aliphatic rings. The second-order valence-electron chi connectivity index (χ2n) is 3.98. The highest BCUT2D eigenvalue weighted by molar-refractivity contribution is 5.96. The summed E-state index contributed by atoms with van der Waals surface area (Å²) in [6.07, 6.45) is 6.54. The lowest BCUT2D eigenvalue weighted by molar-refractivity contribution is 0.0988. The maximum atomic E-state index is 11.4. The molecule has 0 heterocycles. The lowest BCUT2D eigenvalue weighted by atomic mass is 10.0. The first kappa shape index (κ1) is 10.2. The van der Waals surface area contributed by atoms with Crippen LogP contribution in [0.25, 0.3) is 5.57 Å². The SMILES string of the molecule is CCC(=O)c1ccc(C2=CCCC2)cc1. The minimum atomic E-state index is 0.224. The van der Waals surface area contributed by atoms with E-state index in [4.69, 9.17) is 0 Å². The molecule has 0 spiro atoms. The van der Waals surface area contributed by atoms with E-state index < -0.39 is 0 Å². The van der Waals surface area contributed by atoms with Gasteiger partial charge in [-0.2, -0.15) is 0 Å². The van der Waals surface area contributed by atoms with E-state index in [1.165, 1.54) is 30.4 Å². The maximum absolute atomic E-state index is 11.4. The molecular weight excluding hydrogens is 184 g/mol. The Labute approximate surface area is 90.8 Å². The minimum Gasteiger partial charge on any atom is -0.294 e. The van der Waals surface area contributed by atoms with Crippen LogP contribution < -0.4 is 0 Å². The Morgan fingerprint density at radius 2 is 2.00 bits per heavy atom. The second-order valence-corrected chi connectivity index (χ2v) is 3.98. The third-order valence-corrected chi connectivity index (χ3v) is 2.94. The van der Waals surface area contributed by atoms with E-state index in [9.17, 15) is 4.79 Å².